The maximum atomic E-state index is 10.8. The molecule has 0 spiro atoms. The number of hydrogen-bond donors (Lipinski definition) is 0. The summed E-state index contributed by atoms with van der Waals surface area (Å²) >= 11 is 0. The molecule has 4 nitrogen and oxygen atoms in total. The zero-order chi connectivity index (χ0) is 13.9. The monoisotopic (exact) mass is 270 g/mol. The normalized spacial score (nSPS) is 15.4. The third kappa shape index (κ3) is 2.29. The molecule has 1 aliphatic rings. The number of benzene rings is 2. The Labute approximate surface area is 118 Å². The van der Waals surface area contributed by atoms with E-state index in [-0.39, 0.29) is 0 Å². The van der Waals surface area contributed by atoms with Crippen LogP contribution in [0.5, 0.6) is 5.75 Å². The Morgan fingerprint density at radius 1 is 1.10 bits per heavy atom. The van der Waals surface area contributed by atoms with Gasteiger partial charge in [0.05, 0.1) is 7.11 Å². The standard InChI is InChI=1S/C16H18N2O2/c1-20-16-4-2-3-13-5-6-14(11-15(13)16)18-9-7-17(12-19)8-10-18/h2-6,11-12H,7-10H2,1H3. The summed E-state index contributed by atoms with van der Waals surface area (Å²) in [5.74, 6) is 0.899. The number of ether oxygens (including phenoxy) is 1. The number of nitrogens with zero attached hydrogens (tertiary/aromatic N) is 2. The molecular weight excluding hydrogens is 252 g/mol. The molecule has 0 radical (unpaired) electrons. The minimum Gasteiger partial charge on any atom is -0.496 e. The van der Waals surface area contributed by atoms with Crippen LogP contribution in [-0.4, -0.2) is 44.6 Å². The van der Waals surface area contributed by atoms with Crippen LogP contribution in [0, 0.1) is 0 Å². The lowest BCUT2D eigenvalue weighted by molar-refractivity contribution is -0.118. The molecule has 1 aliphatic heterocycles. The molecule has 3 rings (SSSR count). The van der Waals surface area contributed by atoms with Crippen LogP contribution in [0.3, 0.4) is 0 Å². The van der Waals surface area contributed by atoms with E-state index in [1.807, 2.05) is 17.0 Å². The Balaban J connectivity index is 1.91. The number of fused-ring (bicyclic) bond motifs is 1. The molecule has 2 aromatic carbocycles. The number of amides is 1. The smallest absolute Gasteiger partial charge is 0.209 e. The largest absolute Gasteiger partial charge is 0.496 e. The molecule has 2 aromatic rings. The van der Waals surface area contributed by atoms with E-state index in [2.05, 4.69) is 29.2 Å². The number of rotatable bonds is 3. The highest BCUT2D eigenvalue weighted by Gasteiger charge is 2.16. The van der Waals surface area contributed by atoms with Crippen LogP contribution in [-0.2, 0) is 4.79 Å². The van der Waals surface area contributed by atoms with Crippen molar-refractivity contribution in [3.8, 4) is 5.75 Å². The van der Waals surface area contributed by atoms with Gasteiger partial charge in [0.1, 0.15) is 5.75 Å². The molecule has 0 N–H and O–H groups in total. The first-order valence-corrected chi connectivity index (χ1v) is 6.83. The summed E-state index contributed by atoms with van der Waals surface area (Å²) in [6.45, 7) is 3.32. The summed E-state index contributed by atoms with van der Waals surface area (Å²) in [6.07, 6.45) is 0.931. The summed E-state index contributed by atoms with van der Waals surface area (Å²) in [5.41, 5.74) is 1.19. The molecule has 4 heteroatoms. The molecule has 0 saturated carbocycles. The van der Waals surface area contributed by atoms with E-state index in [9.17, 15) is 4.79 Å². The summed E-state index contributed by atoms with van der Waals surface area (Å²) < 4.78 is 5.43. The Morgan fingerprint density at radius 3 is 2.60 bits per heavy atom. The van der Waals surface area contributed by atoms with Gasteiger partial charge in [-0.05, 0) is 23.6 Å². The van der Waals surface area contributed by atoms with E-state index in [1.54, 1.807) is 7.11 Å². The highest BCUT2D eigenvalue weighted by molar-refractivity contribution is 5.91. The number of hydrogen-bond acceptors (Lipinski definition) is 3. The topological polar surface area (TPSA) is 32.8 Å². The zero-order valence-corrected chi connectivity index (χ0v) is 11.6. The Bertz CT molecular complexity index is 619. The summed E-state index contributed by atoms with van der Waals surface area (Å²) in [7, 11) is 1.70. The van der Waals surface area contributed by atoms with Crippen LogP contribution in [0.1, 0.15) is 0 Å². The number of methoxy groups -OCH3 is 1. The first-order chi connectivity index (χ1) is 9.81. The average Bonchev–Trinajstić information content (AvgIpc) is 2.54. The lowest BCUT2D eigenvalue weighted by atomic mass is 10.1. The van der Waals surface area contributed by atoms with E-state index < -0.39 is 0 Å². The second kappa shape index (κ2) is 5.41. The van der Waals surface area contributed by atoms with Gasteiger partial charge >= 0.3 is 0 Å². The first kappa shape index (κ1) is 12.8. The second-order valence-electron chi connectivity index (χ2n) is 4.99. The fourth-order valence-electron chi connectivity index (χ4n) is 2.69. The summed E-state index contributed by atoms with van der Waals surface area (Å²) in [6, 6.07) is 12.5. The van der Waals surface area contributed by atoms with Crippen LogP contribution < -0.4 is 9.64 Å². The van der Waals surface area contributed by atoms with Crippen LogP contribution in [0.4, 0.5) is 5.69 Å². The third-order valence-electron chi connectivity index (χ3n) is 3.87. The van der Waals surface area contributed by atoms with Crippen LogP contribution in [0.2, 0.25) is 0 Å². The van der Waals surface area contributed by atoms with Crippen molar-refractivity contribution in [3.63, 3.8) is 0 Å². The first-order valence-electron chi connectivity index (χ1n) is 6.83. The van der Waals surface area contributed by atoms with Gasteiger partial charge in [-0.2, -0.15) is 0 Å². The minimum atomic E-state index is 0.785. The molecule has 1 fully saturated rings. The Morgan fingerprint density at radius 2 is 1.90 bits per heavy atom. The third-order valence-corrected chi connectivity index (χ3v) is 3.87. The highest BCUT2D eigenvalue weighted by atomic mass is 16.5. The number of piperazine rings is 1. The van der Waals surface area contributed by atoms with Gasteiger partial charge < -0.3 is 14.5 Å². The fraction of sp³-hybridized carbons (Fsp3) is 0.312. The van der Waals surface area contributed by atoms with Gasteiger partial charge in [-0.1, -0.05) is 18.2 Å². The summed E-state index contributed by atoms with van der Waals surface area (Å²) in [5, 5.41) is 2.31. The van der Waals surface area contributed by atoms with E-state index >= 15 is 0 Å². The summed E-state index contributed by atoms with van der Waals surface area (Å²) in [4.78, 5) is 14.9. The molecule has 1 saturated heterocycles. The molecule has 0 atom stereocenters. The van der Waals surface area contributed by atoms with Crippen molar-refractivity contribution in [2.75, 3.05) is 38.2 Å². The molecule has 0 unspecified atom stereocenters. The lowest BCUT2D eigenvalue weighted by Crippen LogP contribution is -2.45. The SMILES string of the molecule is COc1cccc2ccc(N3CCN(C=O)CC3)cc12. The quantitative estimate of drug-likeness (QED) is 0.801. The van der Waals surface area contributed by atoms with Crippen molar-refractivity contribution in [3.05, 3.63) is 36.4 Å². The van der Waals surface area contributed by atoms with Crippen LogP contribution in [0.25, 0.3) is 10.8 Å². The van der Waals surface area contributed by atoms with Gasteiger partial charge in [0.25, 0.3) is 0 Å². The van der Waals surface area contributed by atoms with Crippen LogP contribution in [0.15, 0.2) is 36.4 Å². The van der Waals surface area contributed by atoms with Crippen molar-refractivity contribution >= 4 is 22.9 Å². The van der Waals surface area contributed by atoms with Crippen molar-refractivity contribution in [2.45, 2.75) is 0 Å². The predicted molar refractivity (Wildman–Crippen MR) is 80.4 cm³/mol. The lowest BCUT2D eigenvalue weighted by Gasteiger charge is -2.34. The van der Waals surface area contributed by atoms with Gasteiger partial charge in [-0.15, -0.1) is 0 Å². The second-order valence-corrected chi connectivity index (χ2v) is 4.99. The minimum absolute atomic E-state index is 0.785. The van der Waals surface area contributed by atoms with Gasteiger partial charge in [0.2, 0.25) is 6.41 Å². The zero-order valence-electron chi connectivity index (χ0n) is 11.6. The van der Waals surface area contributed by atoms with E-state index in [0.717, 1.165) is 43.7 Å². The van der Waals surface area contributed by atoms with E-state index in [1.165, 1.54) is 11.1 Å². The van der Waals surface area contributed by atoms with Crippen molar-refractivity contribution < 1.29 is 9.53 Å². The highest BCUT2D eigenvalue weighted by Crippen LogP contribution is 2.29. The Kier molecular flexibility index (Phi) is 3.46. The van der Waals surface area contributed by atoms with E-state index in [0.29, 0.717) is 0 Å². The molecular formula is C16H18N2O2. The molecule has 0 bridgehead atoms. The van der Waals surface area contributed by atoms with Gasteiger partial charge in [-0.3, -0.25) is 4.79 Å². The maximum Gasteiger partial charge on any atom is 0.209 e. The fourth-order valence-corrected chi connectivity index (χ4v) is 2.69. The van der Waals surface area contributed by atoms with Gasteiger partial charge in [0, 0.05) is 37.3 Å². The van der Waals surface area contributed by atoms with E-state index in [4.69, 9.17) is 4.74 Å². The van der Waals surface area contributed by atoms with Gasteiger partial charge in [-0.25, -0.2) is 0 Å². The Hall–Kier alpha value is -2.23. The van der Waals surface area contributed by atoms with Crippen LogP contribution >= 0.6 is 0 Å². The molecule has 104 valence electrons. The molecule has 1 amide bonds. The van der Waals surface area contributed by atoms with Crippen molar-refractivity contribution in [2.24, 2.45) is 0 Å². The van der Waals surface area contributed by atoms with Crippen molar-refractivity contribution in [1.82, 2.24) is 4.90 Å². The van der Waals surface area contributed by atoms with Crippen molar-refractivity contribution in [1.29, 1.82) is 0 Å². The molecule has 0 aromatic heterocycles. The molecule has 20 heavy (non-hydrogen) atoms. The number of carbonyl (C=O) groups excluding carboxylic acids is 1. The van der Waals surface area contributed by atoms with Gasteiger partial charge in [0.15, 0.2) is 0 Å². The number of anilines is 1. The number of carbonyl (C=O) groups is 1. The average molecular weight is 270 g/mol. The molecule has 0 aliphatic carbocycles. The predicted octanol–water partition coefficient (Wildman–Crippen LogP) is 2.13. The molecule has 1 heterocycles. The maximum absolute atomic E-state index is 10.8.